The van der Waals surface area contributed by atoms with Crippen LogP contribution in [0.2, 0.25) is 0 Å². The number of aliphatic hydroxyl groups excluding tert-OH is 1. The molecule has 0 aliphatic carbocycles. The van der Waals surface area contributed by atoms with Gasteiger partial charge in [0.15, 0.2) is 0 Å². The van der Waals surface area contributed by atoms with Gasteiger partial charge in [0, 0.05) is 6.04 Å². The molecule has 0 aliphatic rings. The summed E-state index contributed by atoms with van der Waals surface area (Å²) in [6.45, 7) is 4.31. The van der Waals surface area contributed by atoms with Crippen molar-refractivity contribution in [2.45, 2.75) is 45.3 Å². The van der Waals surface area contributed by atoms with E-state index in [9.17, 15) is 5.11 Å². The fourth-order valence-corrected chi connectivity index (χ4v) is 1.89. The summed E-state index contributed by atoms with van der Waals surface area (Å²) in [5.74, 6) is 1.44. The van der Waals surface area contributed by atoms with Crippen molar-refractivity contribution in [3.63, 3.8) is 0 Å². The number of hydrogen-bond donors (Lipinski definition) is 2. The predicted octanol–water partition coefficient (Wildman–Crippen LogP) is 2.36. The molecular formula is C15H25NO2. The summed E-state index contributed by atoms with van der Waals surface area (Å²) in [4.78, 5) is 0. The first-order valence-corrected chi connectivity index (χ1v) is 6.59. The van der Waals surface area contributed by atoms with E-state index in [2.05, 4.69) is 13.8 Å². The van der Waals surface area contributed by atoms with Crippen LogP contribution in [0.4, 0.5) is 0 Å². The predicted molar refractivity (Wildman–Crippen MR) is 74.8 cm³/mol. The van der Waals surface area contributed by atoms with Crippen molar-refractivity contribution in [3.8, 4) is 5.75 Å². The van der Waals surface area contributed by atoms with Gasteiger partial charge in [0.05, 0.1) is 13.2 Å². The van der Waals surface area contributed by atoms with Crippen LogP contribution in [0.1, 0.15) is 32.3 Å². The summed E-state index contributed by atoms with van der Waals surface area (Å²) in [6.07, 6.45) is 2.06. The van der Waals surface area contributed by atoms with Crippen molar-refractivity contribution in [3.05, 3.63) is 29.8 Å². The van der Waals surface area contributed by atoms with Gasteiger partial charge in [0.25, 0.3) is 0 Å². The van der Waals surface area contributed by atoms with Crippen molar-refractivity contribution >= 4 is 0 Å². The molecule has 0 bridgehead atoms. The molecular weight excluding hydrogens is 226 g/mol. The SMILES string of the molecule is COc1ccc(C[C@H](N)[C@@H](O)CCC(C)C)cc1. The zero-order valence-corrected chi connectivity index (χ0v) is 11.6. The maximum atomic E-state index is 9.98. The second-order valence-corrected chi connectivity index (χ2v) is 5.25. The normalized spacial score (nSPS) is 14.6. The smallest absolute Gasteiger partial charge is 0.118 e. The molecule has 0 aliphatic heterocycles. The van der Waals surface area contributed by atoms with Gasteiger partial charge in [-0.25, -0.2) is 0 Å². The lowest BCUT2D eigenvalue weighted by Crippen LogP contribution is -2.36. The Morgan fingerprint density at radius 2 is 1.78 bits per heavy atom. The molecule has 18 heavy (non-hydrogen) atoms. The van der Waals surface area contributed by atoms with Crippen LogP contribution in [0.25, 0.3) is 0 Å². The molecule has 102 valence electrons. The summed E-state index contributed by atoms with van der Waals surface area (Å²) in [5.41, 5.74) is 7.16. The minimum absolute atomic E-state index is 0.197. The molecule has 2 atom stereocenters. The molecule has 0 heterocycles. The van der Waals surface area contributed by atoms with Gasteiger partial charge in [-0.2, -0.15) is 0 Å². The van der Waals surface area contributed by atoms with Crippen molar-refractivity contribution in [2.24, 2.45) is 11.7 Å². The van der Waals surface area contributed by atoms with Crippen LogP contribution in [0.15, 0.2) is 24.3 Å². The van der Waals surface area contributed by atoms with Gasteiger partial charge in [-0.3, -0.25) is 0 Å². The number of rotatable bonds is 7. The fraction of sp³-hybridized carbons (Fsp3) is 0.600. The Labute approximate surface area is 110 Å². The molecule has 0 unspecified atom stereocenters. The van der Waals surface area contributed by atoms with Crippen molar-refractivity contribution in [1.82, 2.24) is 0 Å². The Bertz CT molecular complexity index is 335. The summed E-state index contributed by atoms with van der Waals surface area (Å²) in [6, 6.07) is 7.63. The number of benzene rings is 1. The standard InChI is InChI=1S/C15H25NO2/c1-11(2)4-9-15(17)14(16)10-12-5-7-13(18-3)8-6-12/h5-8,11,14-15,17H,4,9-10,16H2,1-3H3/t14-,15-/m0/s1. The molecule has 0 saturated heterocycles. The van der Waals surface area contributed by atoms with E-state index in [1.807, 2.05) is 24.3 Å². The van der Waals surface area contributed by atoms with Gasteiger partial charge >= 0.3 is 0 Å². The van der Waals surface area contributed by atoms with E-state index in [1.165, 1.54) is 0 Å². The largest absolute Gasteiger partial charge is 0.497 e. The second kappa shape index (κ2) is 7.39. The molecule has 1 rings (SSSR count). The maximum Gasteiger partial charge on any atom is 0.118 e. The van der Waals surface area contributed by atoms with Gasteiger partial charge in [0.2, 0.25) is 0 Å². The van der Waals surface area contributed by atoms with Crippen LogP contribution < -0.4 is 10.5 Å². The van der Waals surface area contributed by atoms with Gasteiger partial charge in [0.1, 0.15) is 5.75 Å². The first-order valence-electron chi connectivity index (χ1n) is 6.59. The third kappa shape index (κ3) is 5.07. The summed E-state index contributed by atoms with van der Waals surface area (Å²) >= 11 is 0. The van der Waals surface area contributed by atoms with E-state index in [4.69, 9.17) is 10.5 Å². The lowest BCUT2D eigenvalue weighted by molar-refractivity contribution is 0.128. The molecule has 0 spiro atoms. The first-order chi connectivity index (χ1) is 8.52. The molecule has 0 amide bonds. The second-order valence-electron chi connectivity index (χ2n) is 5.25. The Morgan fingerprint density at radius 3 is 2.28 bits per heavy atom. The minimum Gasteiger partial charge on any atom is -0.497 e. The lowest BCUT2D eigenvalue weighted by atomic mass is 9.96. The minimum atomic E-state index is -0.422. The number of methoxy groups -OCH3 is 1. The van der Waals surface area contributed by atoms with E-state index >= 15 is 0 Å². The summed E-state index contributed by atoms with van der Waals surface area (Å²) in [5, 5.41) is 9.98. The van der Waals surface area contributed by atoms with Gasteiger partial charge in [-0.05, 0) is 42.9 Å². The highest BCUT2D eigenvalue weighted by molar-refractivity contribution is 5.27. The Hall–Kier alpha value is -1.06. The van der Waals surface area contributed by atoms with Gasteiger partial charge in [-0.15, -0.1) is 0 Å². The average molecular weight is 251 g/mol. The van der Waals surface area contributed by atoms with E-state index in [0.717, 1.165) is 24.2 Å². The number of hydrogen-bond acceptors (Lipinski definition) is 3. The van der Waals surface area contributed by atoms with Gasteiger partial charge in [-0.1, -0.05) is 26.0 Å². The van der Waals surface area contributed by atoms with E-state index in [-0.39, 0.29) is 6.04 Å². The topological polar surface area (TPSA) is 55.5 Å². The Morgan fingerprint density at radius 1 is 1.17 bits per heavy atom. The van der Waals surface area contributed by atoms with E-state index in [1.54, 1.807) is 7.11 Å². The summed E-state index contributed by atoms with van der Waals surface area (Å²) < 4.78 is 5.11. The molecule has 0 aromatic heterocycles. The third-order valence-electron chi connectivity index (χ3n) is 3.16. The Kier molecular flexibility index (Phi) is 6.16. The maximum absolute atomic E-state index is 9.98. The monoisotopic (exact) mass is 251 g/mol. The molecule has 0 radical (unpaired) electrons. The van der Waals surface area contributed by atoms with Crippen LogP contribution in [0.3, 0.4) is 0 Å². The number of ether oxygens (including phenoxy) is 1. The fourth-order valence-electron chi connectivity index (χ4n) is 1.89. The van der Waals surface area contributed by atoms with Crippen LogP contribution >= 0.6 is 0 Å². The molecule has 3 heteroatoms. The Balaban J connectivity index is 2.44. The molecule has 3 N–H and O–H groups in total. The zero-order valence-electron chi connectivity index (χ0n) is 11.6. The molecule has 3 nitrogen and oxygen atoms in total. The highest BCUT2D eigenvalue weighted by atomic mass is 16.5. The van der Waals surface area contributed by atoms with Crippen LogP contribution in [0.5, 0.6) is 5.75 Å². The van der Waals surface area contributed by atoms with Crippen molar-refractivity contribution in [1.29, 1.82) is 0 Å². The van der Waals surface area contributed by atoms with Gasteiger partial charge < -0.3 is 15.6 Å². The highest BCUT2D eigenvalue weighted by Gasteiger charge is 2.15. The third-order valence-corrected chi connectivity index (χ3v) is 3.16. The highest BCUT2D eigenvalue weighted by Crippen LogP contribution is 2.15. The van der Waals surface area contributed by atoms with E-state index in [0.29, 0.717) is 12.3 Å². The zero-order chi connectivity index (χ0) is 13.5. The number of nitrogens with two attached hydrogens (primary N) is 1. The van der Waals surface area contributed by atoms with Crippen LogP contribution in [-0.4, -0.2) is 24.4 Å². The lowest BCUT2D eigenvalue weighted by Gasteiger charge is -2.19. The van der Waals surface area contributed by atoms with Crippen LogP contribution in [0, 0.1) is 5.92 Å². The van der Waals surface area contributed by atoms with Crippen LogP contribution in [-0.2, 0) is 6.42 Å². The molecule has 1 aromatic carbocycles. The molecule has 0 fully saturated rings. The molecule has 0 saturated carbocycles. The quantitative estimate of drug-likeness (QED) is 0.782. The van der Waals surface area contributed by atoms with Crippen molar-refractivity contribution in [2.75, 3.05) is 7.11 Å². The van der Waals surface area contributed by atoms with Crippen molar-refractivity contribution < 1.29 is 9.84 Å². The first kappa shape index (κ1) is 15.0. The number of aliphatic hydroxyl groups is 1. The van der Waals surface area contributed by atoms with E-state index < -0.39 is 6.10 Å². The molecule has 1 aromatic rings. The summed E-state index contributed by atoms with van der Waals surface area (Å²) in [7, 11) is 1.65. The average Bonchev–Trinajstić information content (AvgIpc) is 2.36.